The fourth-order valence-electron chi connectivity index (χ4n) is 5.74. The van der Waals surface area contributed by atoms with Gasteiger partial charge in [-0.05, 0) is 85.5 Å². The number of nitrogens with one attached hydrogen (secondary N) is 1. The van der Waals surface area contributed by atoms with Crippen molar-refractivity contribution >= 4 is 34.4 Å². The molecule has 184 valence electrons. The van der Waals surface area contributed by atoms with Crippen LogP contribution in [0.1, 0.15) is 68.2 Å². The number of nitrogens with zero attached hydrogens (tertiary/aromatic N) is 3. The Morgan fingerprint density at radius 2 is 2.06 bits per heavy atom. The minimum atomic E-state index is -0.247. The van der Waals surface area contributed by atoms with Crippen LogP contribution in [0.2, 0.25) is 0 Å². The van der Waals surface area contributed by atoms with E-state index >= 15 is 0 Å². The molecule has 1 aromatic heterocycles. The lowest BCUT2D eigenvalue weighted by Crippen LogP contribution is -2.39. The summed E-state index contributed by atoms with van der Waals surface area (Å²) >= 11 is 0. The van der Waals surface area contributed by atoms with Gasteiger partial charge in [0.1, 0.15) is 17.8 Å². The number of aliphatic imine (C=N–C) groups is 2. The first-order chi connectivity index (χ1) is 16.9. The quantitative estimate of drug-likeness (QED) is 0.646. The van der Waals surface area contributed by atoms with E-state index in [-0.39, 0.29) is 11.9 Å². The number of rotatable bonds is 6. The highest BCUT2D eigenvalue weighted by atomic mass is 16.5. The van der Waals surface area contributed by atoms with Gasteiger partial charge in [-0.15, -0.1) is 0 Å². The number of amides is 1. The van der Waals surface area contributed by atoms with Crippen LogP contribution in [0.4, 0.5) is 0 Å². The van der Waals surface area contributed by atoms with Crippen LogP contribution in [0, 0.1) is 0 Å². The monoisotopic (exact) mass is 473 g/mol. The summed E-state index contributed by atoms with van der Waals surface area (Å²) in [5, 5.41) is 1.29. The summed E-state index contributed by atoms with van der Waals surface area (Å²) < 4.78 is 5.76. The summed E-state index contributed by atoms with van der Waals surface area (Å²) in [7, 11) is 1.71. The molecule has 2 aromatic rings. The van der Waals surface area contributed by atoms with Crippen LogP contribution in [0.15, 0.2) is 46.1 Å². The molecular weight excluding hydrogens is 438 g/mol. The second kappa shape index (κ2) is 9.82. The zero-order chi connectivity index (χ0) is 24.5. The Kier molecular flexibility index (Phi) is 6.60. The van der Waals surface area contributed by atoms with Crippen LogP contribution in [-0.2, 0) is 9.53 Å². The molecule has 1 saturated heterocycles. The number of allylic oxidation sites excluding steroid dienone is 3. The first kappa shape index (κ1) is 23.5. The Bertz CT molecular complexity index is 1240. The lowest BCUT2D eigenvalue weighted by molar-refractivity contribution is -0.119. The molecule has 1 aromatic carbocycles. The Labute approximate surface area is 206 Å². The largest absolute Gasteiger partial charge is 0.495 e. The van der Waals surface area contributed by atoms with E-state index in [1.807, 2.05) is 0 Å². The molecule has 7 heteroatoms. The fraction of sp³-hybridized carbons (Fsp3) is 0.464. The van der Waals surface area contributed by atoms with Crippen molar-refractivity contribution in [2.24, 2.45) is 15.7 Å². The normalized spacial score (nSPS) is 24.3. The van der Waals surface area contributed by atoms with Gasteiger partial charge in [-0.25, -0.2) is 4.99 Å². The van der Waals surface area contributed by atoms with Crippen LogP contribution in [0.25, 0.3) is 16.5 Å². The number of aromatic amines is 1. The van der Waals surface area contributed by atoms with Crippen LogP contribution < -0.4 is 5.73 Å². The summed E-state index contributed by atoms with van der Waals surface area (Å²) in [5.41, 5.74) is 12.5. The maximum atomic E-state index is 11.3. The Hall–Kier alpha value is -3.19. The highest BCUT2D eigenvalue weighted by Gasteiger charge is 2.27. The predicted molar refractivity (Wildman–Crippen MR) is 142 cm³/mol. The molecule has 1 atom stereocenters. The molecule has 1 amide bonds. The third-order valence-corrected chi connectivity index (χ3v) is 7.49. The van der Waals surface area contributed by atoms with E-state index in [4.69, 9.17) is 10.5 Å². The number of benzene rings is 1. The third kappa shape index (κ3) is 4.69. The van der Waals surface area contributed by atoms with E-state index in [9.17, 15) is 4.79 Å². The summed E-state index contributed by atoms with van der Waals surface area (Å²) in [5.74, 6) is 1.40. The number of hydrogen-bond acceptors (Lipinski definition) is 5. The van der Waals surface area contributed by atoms with E-state index < -0.39 is 0 Å². The van der Waals surface area contributed by atoms with Gasteiger partial charge in [0, 0.05) is 16.6 Å². The number of carbonyl (C=O) groups excluding carboxylic acids is 1. The summed E-state index contributed by atoms with van der Waals surface area (Å²) in [6, 6.07) is 6.96. The molecule has 0 saturated carbocycles. The number of hydrogen-bond donors (Lipinski definition) is 2. The number of methoxy groups -OCH3 is 1. The fourth-order valence-corrected chi connectivity index (χ4v) is 5.74. The number of H-pyrrole nitrogens is 1. The van der Waals surface area contributed by atoms with Gasteiger partial charge in [-0.2, -0.15) is 0 Å². The molecule has 7 nitrogen and oxygen atoms in total. The number of primary amides is 1. The van der Waals surface area contributed by atoms with Crippen molar-refractivity contribution < 1.29 is 9.53 Å². The molecule has 0 bridgehead atoms. The summed E-state index contributed by atoms with van der Waals surface area (Å²) in [4.78, 5) is 26.2. The molecule has 1 fully saturated rings. The minimum absolute atomic E-state index is 0.0863. The highest BCUT2D eigenvalue weighted by molar-refractivity contribution is 6.10. The van der Waals surface area contributed by atoms with E-state index in [0.29, 0.717) is 18.4 Å². The molecule has 0 radical (unpaired) electrons. The average molecular weight is 474 g/mol. The Morgan fingerprint density at radius 3 is 2.77 bits per heavy atom. The number of aromatic nitrogens is 1. The predicted octanol–water partition coefficient (Wildman–Crippen LogP) is 4.52. The number of nitrogens with two attached hydrogens (primary N) is 1. The zero-order valence-electron chi connectivity index (χ0n) is 20.9. The second-order valence-corrected chi connectivity index (χ2v) is 10.1. The molecule has 3 N–H and O–H groups in total. The van der Waals surface area contributed by atoms with E-state index in [0.717, 1.165) is 67.0 Å². The van der Waals surface area contributed by atoms with Crippen LogP contribution in [-0.4, -0.2) is 60.6 Å². The lowest BCUT2D eigenvalue weighted by Gasteiger charge is -2.31. The highest BCUT2D eigenvalue weighted by Crippen LogP contribution is 2.38. The SMILES string of the molecule is CO/C1=C/C(c2[nH]c3ccc(C4CCN(CC(N)=O)CC4)cc3c2C(C)C)=C\CCC2N=CN=C12. The first-order valence-electron chi connectivity index (χ1n) is 12.7. The van der Waals surface area contributed by atoms with Gasteiger partial charge in [-0.3, -0.25) is 14.7 Å². The maximum absolute atomic E-state index is 11.3. The van der Waals surface area contributed by atoms with E-state index in [1.54, 1.807) is 13.4 Å². The molecule has 0 spiro atoms. The molecule has 2 aliphatic heterocycles. The molecule has 5 rings (SSSR count). The van der Waals surface area contributed by atoms with Gasteiger partial charge in [0.2, 0.25) is 5.91 Å². The van der Waals surface area contributed by atoms with Crippen LogP contribution >= 0.6 is 0 Å². The molecule has 35 heavy (non-hydrogen) atoms. The Morgan fingerprint density at radius 1 is 1.26 bits per heavy atom. The van der Waals surface area contributed by atoms with Gasteiger partial charge in [0.15, 0.2) is 0 Å². The number of fused-ring (bicyclic) bond motifs is 2. The number of likely N-dealkylation sites (tertiary alicyclic amines) is 1. The van der Waals surface area contributed by atoms with Crippen LogP contribution in [0.3, 0.4) is 0 Å². The Balaban J connectivity index is 1.49. The number of carbonyl (C=O) groups is 1. The number of ether oxygens (including phenoxy) is 1. The summed E-state index contributed by atoms with van der Waals surface area (Å²) in [6.45, 7) is 6.70. The molecular formula is C28H35N5O2. The summed E-state index contributed by atoms with van der Waals surface area (Å²) in [6.07, 6.45) is 10.0. The molecule has 3 aliphatic rings. The second-order valence-electron chi connectivity index (χ2n) is 10.1. The van der Waals surface area contributed by atoms with E-state index in [2.05, 4.69) is 64.1 Å². The number of piperidine rings is 1. The van der Waals surface area contributed by atoms with Crippen molar-refractivity contribution in [3.8, 4) is 0 Å². The van der Waals surface area contributed by atoms with Crippen molar-refractivity contribution in [3.63, 3.8) is 0 Å². The smallest absolute Gasteiger partial charge is 0.231 e. The van der Waals surface area contributed by atoms with Crippen molar-refractivity contribution in [2.75, 3.05) is 26.7 Å². The van der Waals surface area contributed by atoms with E-state index in [1.165, 1.54) is 16.5 Å². The lowest BCUT2D eigenvalue weighted by atomic mass is 9.87. The molecule has 1 unspecified atom stereocenters. The van der Waals surface area contributed by atoms with Crippen molar-refractivity contribution in [1.82, 2.24) is 9.88 Å². The van der Waals surface area contributed by atoms with Crippen molar-refractivity contribution in [1.29, 1.82) is 0 Å². The average Bonchev–Trinajstić information content (AvgIpc) is 3.43. The molecule has 3 heterocycles. The van der Waals surface area contributed by atoms with Gasteiger partial charge >= 0.3 is 0 Å². The minimum Gasteiger partial charge on any atom is -0.495 e. The van der Waals surface area contributed by atoms with Gasteiger partial charge in [0.05, 0.1) is 19.7 Å². The van der Waals surface area contributed by atoms with Gasteiger partial charge in [-0.1, -0.05) is 26.0 Å². The third-order valence-electron chi connectivity index (χ3n) is 7.49. The molecule has 1 aliphatic carbocycles. The van der Waals surface area contributed by atoms with Crippen molar-refractivity contribution in [3.05, 3.63) is 52.9 Å². The van der Waals surface area contributed by atoms with Crippen molar-refractivity contribution in [2.45, 2.75) is 57.4 Å². The standard InChI is InChI=1S/C28H35N5O2/c1-17(2)26-21-13-19(18-9-11-33(12-10-18)15-25(29)34)7-8-22(21)32-27(26)20-5-4-6-23-28(31-16-30-23)24(14-20)35-3/h5,7-8,13-14,16-18,23,32H,4,6,9-12,15H2,1-3H3,(H2,29,34)/b20-5+,24-14+. The van der Waals surface area contributed by atoms with Gasteiger partial charge in [0.25, 0.3) is 0 Å². The maximum Gasteiger partial charge on any atom is 0.231 e. The zero-order valence-corrected chi connectivity index (χ0v) is 20.9. The van der Waals surface area contributed by atoms with Gasteiger partial charge < -0.3 is 15.5 Å². The topological polar surface area (TPSA) is 96.1 Å². The first-order valence-corrected chi connectivity index (χ1v) is 12.7. The van der Waals surface area contributed by atoms with Crippen LogP contribution in [0.5, 0.6) is 0 Å².